The van der Waals surface area contributed by atoms with E-state index in [-0.39, 0.29) is 0 Å². The average Bonchev–Trinajstić information content (AvgIpc) is 2.26. The summed E-state index contributed by atoms with van der Waals surface area (Å²) in [6.07, 6.45) is 3.47. The van der Waals surface area contributed by atoms with Crippen LogP contribution in [0.15, 0.2) is 18.2 Å². The molecule has 3 heteroatoms. The topological polar surface area (TPSA) is 29.5 Å². The van der Waals surface area contributed by atoms with Crippen LogP contribution in [-0.2, 0) is 17.5 Å². The zero-order valence-corrected chi connectivity index (χ0v) is 10.4. The summed E-state index contributed by atoms with van der Waals surface area (Å²) < 4.78 is 5.33. The summed E-state index contributed by atoms with van der Waals surface area (Å²) in [6.45, 7) is 4.68. The maximum atomic E-state index is 9.61. The Morgan fingerprint density at radius 3 is 2.87 bits per heavy atom. The number of unbranched alkanes of at least 4 members (excludes halogenated alkanes) is 1. The van der Waals surface area contributed by atoms with Crippen LogP contribution in [0, 0.1) is 0 Å². The van der Waals surface area contributed by atoms with Gasteiger partial charge in [-0.1, -0.05) is 19.4 Å². The molecule has 1 aromatic carbocycles. The highest BCUT2D eigenvalue weighted by molar-refractivity contribution is 6.24. The fourth-order valence-corrected chi connectivity index (χ4v) is 1.74. The van der Waals surface area contributed by atoms with Crippen LogP contribution in [-0.4, -0.2) is 14.9 Å². The highest BCUT2D eigenvalue weighted by atomic mass is 28.2. The minimum Gasteiger partial charge on any atom is -0.508 e. The third kappa shape index (κ3) is 4.06. The zero-order chi connectivity index (χ0) is 11.1. The van der Waals surface area contributed by atoms with Gasteiger partial charge < -0.3 is 9.53 Å². The van der Waals surface area contributed by atoms with E-state index in [0.29, 0.717) is 22.1 Å². The van der Waals surface area contributed by atoms with Gasteiger partial charge in [-0.15, -0.1) is 0 Å². The summed E-state index contributed by atoms with van der Waals surface area (Å²) in [4.78, 5) is 0. The van der Waals surface area contributed by atoms with Gasteiger partial charge in [-0.2, -0.15) is 0 Å². The second kappa shape index (κ2) is 6.64. The van der Waals surface area contributed by atoms with Crippen molar-refractivity contribution < 1.29 is 9.53 Å². The zero-order valence-electron chi connectivity index (χ0n) is 9.42. The molecule has 1 N–H and O–H groups in total. The summed E-state index contributed by atoms with van der Waals surface area (Å²) in [7, 11) is 0.466. The molecule has 0 aliphatic carbocycles. The van der Waals surface area contributed by atoms with Gasteiger partial charge in [0.05, 0.1) is 6.61 Å². The molecule has 0 bridgehead atoms. The van der Waals surface area contributed by atoms with Crippen LogP contribution in [0.1, 0.15) is 30.9 Å². The normalized spacial score (nSPS) is 10.5. The minimum atomic E-state index is 0.341. The van der Waals surface area contributed by atoms with Crippen molar-refractivity contribution in [3.8, 4) is 5.75 Å². The number of rotatable bonds is 6. The molecule has 0 heterocycles. The molecule has 1 aromatic rings. The Morgan fingerprint density at radius 2 is 2.20 bits per heavy atom. The molecule has 1 rings (SSSR count). The number of phenols is 1. The van der Waals surface area contributed by atoms with E-state index in [2.05, 4.69) is 6.92 Å². The van der Waals surface area contributed by atoms with Crippen LogP contribution < -0.4 is 0 Å². The molecular weight excluding hydrogens is 204 g/mol. The van der Waals surface area contributed by atoms with Crippen molar-refractivity contribution in [2.24, 2.45) is 0 Å². The van der Waals surface area contributed by atoms with Crippen LogP contribution in [0.5, 0.6) is 5.75 Å². The molecule has 0 spiro atoms. The van der Waals surface area contributed by atoms with Crippen LogP contribution in [0.2, 0.25) is 6.55 Å². The van der Waals surface area contributed by atoms with Crippen LogP contribution in [0.25, 0.3) is 0 Å². The van der Waals surface area contributed by atoms with Gasteiger partial charge in [0.1, 0.15) is 5.75 Å². The molecule has 0 unspecified atom stereocenters. The number of phenolic OH excluding ortho intramolecular Hbond substituents is 1. The van der Waals surface area contributed by atoms with E-state index in [0.717, 1.165) is 12.0 Å². The predicted octanol–water partition coefficient (Wildman–Crippen LogP) is 2.92. The maximum absolute atomic E-state index is 9.61. The third-order valence-electron chi connectivity index (χ3n) is 2.33. The summed E-state index contributed by atoms with van der Waals surface area (Å²) in [5.41, 5.74) is 2.19. The second-order valence-electron chi connectivity index (χ2n) is 3.56. The Hall–Kier alpha value is -0.803. The van der Waals surface area contributed by atoms with Gasteiger partial charge in [0, 0.05) is 5.56 Å². The minimum absolute atomic E-state index is 0.341. The highest BCUT2D eigenvalue weighted by Crippen LogP contribution is 2.20. The summed E-state index contributed by atoms with van der Waals surface area (Å²) in [6, 6.07) is 5.80. The molecule has 2 nitrogen and oxygen atoms in total. The van der Waals surface area contributed by atoms with E-state index in [4.69, 9.17) is 4.43 Å². The maximum Gasteiger partial charge on any atom is 0.226 e. The van der Waals surface area contributed by atoms with Crippen molar-refractivity contribution in [2.45, 2.75) is 39.3 Å². The molecule has 82 valence electrons. The Bertz CT molecular complexity index is 300. The lowest BCUT2D eigenvalue weighted by Gasteiger charge is -2.07. The smallest absolute Gasteiger partial charge is 0.226 e. The highest BCUT2D eigenvalue weighted by Gasteiger charge is 2.02. The second-order valence-corrected chi connectivity index (χ2v) is 4.26. The average molecular weight is 222 g/mol. The molecule has 0 fully saturated rings. The van der Waals surface area contributed by atoms with Gasteiger partial charge in [-0.05, 0) is 37.1 Å². The standard InChI is InChI=1S/C12H18O2Si/c1-3-4-5-10-6-7-12(13)11(8-10)9-14-15-2/h6-8,13H,3-5,9H2,1-2H3. The number of hydrogen-bond acceptors (Lipinski definition) is 2. The van der Waals surface area contributed by atoms with Crippen molar-refractivity contribution in [3.63, 3.8) is 0 Å². The van der Waals surface area contributed by atoms with Crippen molar-refractivity contribution in [1.29, 1.82) is 0 Å². The number of benzene rings is 1. The van der Waals surface area contributed by atoms with Crippen molar-refractivity contribution in [3.05, 3.63) is 29.3 Å². The van der Waals surface area contributed by atoms with Crippen molar-refractivity contribution in [1.82, 2.24) is 0 Å². The van der Waals surface area contributed by atoms with Crippen LogP contribution in [0.4, 0.5) is 0 Å². The lowest BCUT2D eigenvalue weighted by atomic mass is 10.1. The number of hydrogen-bond donors (Lipinski definition) is 1. The predicted molar refractivity (Wildman–Crippen MR) is 63.1 cm³/mol. The molecule has 0 saturated heterocycles. The molecule has 2 radical (unpaired) electrons. The summed E-state index contributed by atoms with van der Waals surface area (Å²) in [5, 5.41) is 9.61. The van der Waals surface area contributed by atoms with E-state index in [1.807, 2.05) is 18.7 Å². The van der Waals surface area contributed by atoms with Crippen LogP contribution >= 0.6 is 0 Å². The lowest BCUT2D eigenvalue weighted by Crippen LogP contribution is -1.96. The van der Waals surface area contributed by atoms with Gasteiger partial charge in [0.25, 0.3) is 0 Å². The fraction of sp³-hybridized carbons (Fsp3) is 0.500. The van der Waals surface area contributed by atoms with E-state index >= 15 is 0 Å². The summed E-state index contributed by atoms with van der Waals surface area (Å²) in [5.74, 6) is 0.341. The van der Waals surface area contributed by atoms with E-state index in [9.17, 15) is 5.11 Å². The Kier molecular flexibility index (Phi) is 5.43. The van der Waals surface area contributed by atoms with E-state index < -0.39 is 0 Å². The molecule has 15 heavy (non-hydrogen) atoms. The largest absolute Gasteiger partial charge is 0.508 e. The first kappa shape index (κ1) is 12.3. The molecule has 0 atom stereocenters. The Balaban J connectivity index is 2.66. The van der Waals surface area contributed by atoms with Gasteiger partial charge in [-0.3, -0.25) is 0 Å². The van der Waals surface area contributed by atoms with E-state index in [1.54, 1.807) is 6.07 Å². The Morgan fingerprint density at radius 1 is 1.40 bits per heavy atom. The lowest BCUT2D eigenvalue weighted by molar-refractivity contribution is 0.318. The van der Waals surface area contributed by atoms with E-state index in [1.165, 1.54) is 18.4 Å². The quantitative estimate of drug-likeness (QED) is 0.750. The molecule has 0 amide bonds. The van der Waals surface area contributed by atoms with Gasteiger partial charge in [-0.25, -0.2) is 0 Å². The Labute approximate surface area is 94.2 Å². The monoisotopic (exact) mass is 222 g/mol. The number of aromatic hydroxyl groups is 1. The molecular formula is C12H18O2Si. The first-order valence-electron chi connectivity index (χ1n) is 5.37. The summed E-state index contributed by atoms with van der Waals surface area (Å²) >= 11 is 0. The SMILES string of the molecule is CCCCc1ccc(O)c(CO[Si]C)c1. The van der Waals surface area contributed by atoms with Crippen molar-refractivity contribution >= 4 is 9.76 Å². The van der Waals surface area contributed by atoms with Gasteiger partial charge in [0.15, 0.2) is 0 Å². The molecule has 0 aromatic heterocycles. The molecule has 0 aliphatic rings. The van der Waals surface area contributed by atoms with Crippen LogP contribution in [0.3, 0.4) is 0 Å². The molecule has 0 aliphatic heterocycles. The first-order chi connectivity index (χ1) is 7.27. The van der Waals surface area contributed by atoms with Crippen molar-refractivity contribution in [2.75, 3.05) is 0 Å². The van der Waals surface area contributed by atoms with Gasteiger partial charge in [0.2, 0.25) is 9.76 Å². The first-order valence-corrected chi connectivity index (χ1v) is 6.78. The molecule has 0 saturated carbocycles. The van der Waals surface area contributed by atoms with Gasteiger partial charge >= 0.3 is 0 Å². The number of aryl methyl sites for hydroxylation is 1. The fourth-order valence-electron chi connectivity index (χ4n) is 1.44. The third-order valence-corrected chi connectivity index (χ3v) is 2.77.